The van der Waals surface area contributed by atoms with Crippen LogP contribution in [0.1, 0.15) is 6.42 Å². The van der Waals surface area contributed by atoms with Gasteiger partial charge in [0.25, 0.3) is 5.91 Å². The van der Waals surface area contributed by atoms with Crippen molar-refractivity contribution in [2.45, 2.75) is 12.5 Å². The van der Waals surface area contributed by atoms with Crippen LogP contribution in [0.25, 0.3) is 0 Å². The van der Waals surface area contributed by atoms with E-state index >= 15 is 0 Å². The van der Waals surface area contributed by atoms with Gasteiger partial charge in [-0.25, -0.2) is 13.2 Å². The van der Waals surface area contributed by atoms with E-state index in [0.29, 0.717) is 21.7 Å². The Morgan fingerprint density at radius 3 is 2.71 bits per heavy atom. The molecule has 1 aliphatic heterocycles. The van der Waals surface area contributed by atoms with E-state index in [4.69, 9.17) is 21.1 Å². The maximum Gasteiger partial charge on any atom is 0.344 e. The molecule has 0 aliphatic carbocycles. The third-order valence-corrected chi connectivity index (χ3v) is 5.82. The third kappa shape index (κ3) is 5.95. The van der Waals surface area contributed by atoms with Crippen molar-refractivity contribution in [2.24, 2.45) is 0 Å². The van der Waals surface area contributed by atoms with E-state index in [2.05, 4.69) is 21.2 Å². The van der Waals surface area contributed by atoms with Crippen molar-refractivity contribution in [3.05, 3.63) is 27.7 Å². The van der Waals surface area contributed by atoms with Crippen molar-refractivity contribution in [1.82, 2.24) is 5.32 Å². The van der Waals surface area contributed by atoms with E-state index < -0.39 is 34.4 Å². The van der Waals surface area contributed by atoms with Crippen molar-refractivity contribution in [1.29, 1.82) is 0 Å². The highest BCUT2D eigenvalue weighted by Crippen LogP contribution is 2.27. The van der Waals surface area contributed by atoms with Crippen molar-refractivity contribution in [3.63, 3.8) is 0 Å². The number of ether oxygens (including phenoxy) is 2. The summed E-state index contributed by atoms with van der Waals surface area (Å²) < 4.78 is 33.2. The standard InChI is InChI=1S/C14H15BrClNO6S/c15-11-5-9(16)1-2-12(11)22-7-14(19)23-6-13(18)17-10-3-4-24(20,21)8-10/h1-2,5,10H,3-4,6-8H2,(H,17,18). The minimum absolute atomic E-state index is 0.0571. The molecule has 0 spiro atoms. The molecule has 132 valence electrons. The number of hydrogen-bond acceptors (Lipinski definition) is 6. The summed E-state index contributed by atoms with van der Waals surface area (Å²) in [5, 5.41) is 3.04. The molecule has 1 aliphatic rings. The molecule has 0 aromatic heterocycles. The second kappa shape index (κ2) is 8.17. The van der Waals surface area contributed by atoms with Crippen LogP contribution in [0.3, 0.4) is 0 Å². The van der Waals surface area contributed by atoms with Gasteiger partial charge in [-0.1, -0.05) is 11.6 Å². The summed E-state index contributed by atoms with van der Waals surface area (Å²) in [7, 11) is -3.08. The van der Waals surface area contributed by atoms with E-state index in [-0.39, 0.29) is 18.1 Å². The second-order valence-corrected chi connectivity index (χ2v) is 8.71. The Morgan fingerprint density at radius 2 is 2.08 bits per heavy atom. The van der Waals surface area contributed by atoms with Crippen LogP contribution in [0, 0.1) is 0 Å². The summed E-state index contributed by atoms with van der Waals surface area (Å²) in [5.41, 5.74) is 0. The summed E-state index contributed by atoms with van der Waals surface area (Å²) in [4.78, 5) is 23.2. The first-order valence-electron chi connectivity index (χ1n) is 6.98. The second-order valence-electron chi connectivity index (χ2n) is 5.19. The molecular weight excluding hydrogens is 426 g/mol. The highest BCUT2D eigenvalue weighted by Gasteiger charge is 2.29. The number of sulfone groups is 1. The molecule has 0 bridgehead atoms. The zero-order valence-electron chi connectivity index (χ0n) is 12.5. The van der Waals surface area contributed by atoms with Gasteiger partial charge in [0, 0.05) is 11.1 Å². The first-order chi connectivity index (χ1) is 11.2. The van der Waals surface area contributed by atoms with Gasteiger partial charge in [-0.15, -0.1) is 0 Å². The molecule has 0 saturated carbocycles. The smallest absolute Gasteiger partial charge is 0.344 e. The quantitative estimate of drug-likeness (QED) is 0.670. The summed E-state index contributed by atoms with van der Waals surface area (Å²) in [5.74, 6) is -0.872. The number of carbonyl (C=O) groups is 2. The van der Waals surface area contributed by atoms with Gasteiger partial charge in [-0.3, -0.25) is 4.79 Å². The highest BCUT2D eigenvalue weighted by atomic mass is 79.9. The number of hydrogen-bond donors (Lipinski definition) is 1. The summed E-state index contributed by atoms with van der Waals surface area (Å²) in [6.07, 6.45) is 0.371. The average Bonchev–Trinajstić information content (AvgIpc) is 2.83. The number of benzene rings is 1. The SMILES string of the molecule is O=C(COC(=O)COc1ccc(Cl)cc1Br)NC1CCS(=O)(=O)C1. The van der Waals surface area contributed by atoms with Gasteiger partial charge < -0.3 is 14.8 Å². The number of amides is 1. The molecule has 24 heavy (non-hydrogen) atoms. The lowest BCUT2D eigenvalue weighted by Crippen LogP contribution is -2.38. The molecule has 1 fully saturated rings. The molecule has 1 aromatic rings. The molecular formula is C14H15BrClNO6S. The fourth-order valence-electron chi connectivity index (χ4n) is 2.09. The van der Waals surface area contributed by atoms with Gasteiger partial charge >= 0.3 is 5.97 Å². The topological polar surface area (TPSA) is 98.8 Å². The van der Waals surface area contributed by atoms with Gasteiger partial charge in [0.05, 0.1) is 16.0 Å². The number of halogens is 2. The number of carbonyl (C=O) groups excluding carboxylic acids is 2. The Morgan fingerprint density at radius 1 is 1.33 bits per heavy atom. The third-order valence-electron chi connectivity index (χ3n) is 3.20. The van der Waals surface area contributed by atoms with Crippen molar-refractivity contribution in [3.8, 4) is 5.75 Å². The lowest BCUT2D eigenvalue weighted by Gasteiger charge is -2.11. The fraction of sp³-hybridized carbons (Fsp3) is 0.429. The Balaban J connectivity index is 1.70. The van der Waals surface area contributed by atoms with E-state index in [0.717, 1.165) is 0 Å². The van der Waals surface area contributed by atoms with Crippen LogP contribution in [0.5, 0.6) is 5.75 Å². The molecule has 1 amide bonds. The van der Waals surface area contributed by atoms with Gasteiger partial charge in [-0.05, 0) is 40.5 Å². The number of rotatable bonds is 6. The molecule has 1 heterocycles. The normalized spacial score (nSPS) is 18.8. The zero-order valence-corrected chi connectivity index (χ0v) is 15.6. The molecule has 1 atom stereocenters. The Kier molecular flexibility index (Phi) is 6.47. The van der Waals surface area contributed by atoms with Crippen molar-refractivity contribution < 1.29 is 27.5 Å². The van der Waals surface area contributed by atoms with Gasteiger partial charge in [0.2, 0.25) is 0 Å². The van der Waals surface area contributed by atoms with E-state index in [1.807, 2.05) is 0 Å². The average molecular weight is 441 g/mol. The van der Waals surface area contributed by atoms with Gasteiger partial charge in [-0.2, -0.15) is 0 Å². The van der Waals surface area contributed by atoms with E-state index in [1.54, 1.807) is 18.2 Å². The largest absolute Gasteiger partial charge is 0.481 e. The highest BCUT2D eigenvalue weighted by molar-refractivity contribution is 9.10. The molecule has 1 unspecified atom stereocenters. The van der Waals surface area contributed by atoms with Gasteiger partial charge in [0.1, 0.15) is 5.75 Å². The van der Waals surface area contributed by atoms with Crippen LogP contribution >= 0.6 is 27.5 Å². The number of nitrogens with one attached hydrogen (secondary N) is 1. The lowest BCUT2D eigenvalue weighted by atomic mass is 10.2. The van der Waals surface area contributed by atoms with Crippen LogP contribution in [0.4, 0.5) is 0 Å². The van der Waals surface area contributed by atoms with Crippen LogP contribution in [-0.4, -0.2) is 51.1 Å². The molecule has 10 heteroatoms. The predicted molar refractivity (Wildman–Crippen MR) is 90.8 cm³/mol. The predicted octanol–water partition coefficient (Wildman–Crippen LogP) is 1.33. The zero-order chi connectivity index (χ0) is 17.7. The van der Waals surface area contributed by atoms with Crippen molar-refractivity contribution >= 4 is 49.2 Å². The van der Waals surface area contributed by atoms with Crippen LogP contribution < -0.4 is 10.1 Å². The summed E-state index contributed by atoms with van der Waals surface area (Å²) in [6, 6.07) is 4.39. The molecule has 7 nitrogen and oxygen atoms in total. The van der Waals surface area contributed by atoms with E-state index in [9.17, 15) is 18.0 Å². The van der Waals surface area contributed by atoms with Crippen LogP contribution in [-0.2, 0) is 24.2 Å². The molecule has 2 rings (SSSR count). The summed E-state index contributed by atoms with van der Waals surface area (Å²) >= 11 is 9.04. The maximum absolute atomic E-state index is 11.6. The van der Waals surface area contributed by atoms with Crippen LogP contribution in [0.15, 0.2) is 22.7 Å². The first-order valence-corrected chi connectivity index (χ1v) is 9.98. The Labute approximate surface area is 152 Å². The Hall–Kier alpha value is -1.32. The summed E-state index contributed by atoms with van der Waals surface area (Å²) in [6.45, 7) is -0.855. The maximum atomic E-state index is 11.6. The van der Waals surface area contributed by atoms with E-state index in [1.165, 1.54) is 0 Å². The fourth-order valence-corrected chi connectivity index (χ4v) is 4.57. The minimum Gasteiger partial charge on any atom is -0.481 e. The first kappa shape index (κ1) is 19.0. The monoisotopic (exact) mass is 439 g/mol. The van der Waals surface area contributed by atoms with Crippen LogP contribution in [0.2, 0.25) is 5.02 Å². The lowest BCUT2D eigenvalue weighted by molar-refractivity contribution is -0.150. The minimum atomic E-state index is -3.08. The van der Waals surface area contributed by atoms with Gasteiger partial charge in [0.15, 0.2) is 23.1 Å². The molecule has 0 radical (unpaired) electrons. The molecule has 1 N–H and O–H groups in total. The number of esters is 1. The molecule has 1 saturated heterocycles. The van der Waals surface area contributed by atoms with Crippen molar-refractivity contribution in [2.75, 3.05) is 24.7 Å². The Bertz CT molecular complexity index is 739. The molecule has 1 aromatic carbocycles.